The Balaban J connectivity index is 2.27. The fraction of sp³-hybridized carbons (Fsp3) is 0.133. The van der Waals surface area contributed by atoms with E-state index in [9.17, 15) is 13.2 Å². The summed E-state index contributed by atoms with van der Waals surface area (Å²) >= 11 is 0. The predicted octanol–water partition coefficient (Wildman–Crippen LogP) is 1.39. The molecular formula is C15H17N3O4S. The average molecular weight is 335 g/mol. The minimum atomic E-state index is -4.09. The first kappa shape index (κ1) is 16.9. The van der Waals surface area contributed by atoms with Crippen LogP contribution in [0, 0.1) is 0 Å². The number of hydrogen-bond donors (Lipinski definition) is 1. The Bertz CT molecular complexity index is 774. The van der Waals surface area contributed by atoms with E-state index >= 15 is 0 Å². The van der Waals surface area contributed by atoms with E-state index < -0.39 is 10.3 Å². The third-order valence-electron chi connectivity index (χ3n) is 2.91. The minimum Gasteiger partial charge on any atom is -0.371 e. The van der Waals surface area contributed by atoms with E-state index in [0.29, 0.717) is 11.3 Å². The highest BCUT2D eigenvalue weighted by Gasteiger charge is 2.20. The van der Waals surface area contributed by atoms with E-state index in [0.717, 1.165) is 0 Å². The Labute approximate surface area is 135 Å². The van der Waals surface area contributed by atoms with Crippen LogP contribution in [-0.4, -0.2) is 33.4 Å². The van der Waals surface area contributed by atoms with Crippen molar-refractivity contribution in [2.45, 2.75) is 0 Å². The van der Waals surface area contributed by atoms with Crippen LogP contribution in [0.15, 0.2) is 54.6 Å². The molecule has 0 aliphatic carbocycles. The van der Waals surface area contributed by atoms with Crippen molar-refractivity contribution in [3.63, 3.8) is 0 Å². The summed E-state index contributed by atoms with van der Waals surface area (Å²) in [5.41, 5.74) is 1.09. The molecule has 0 aliphatic heterocycles. The van der Waals surface area contributed by atoms with Gasteiger partial charge in [0.25, 0.3) is 5.91 Å². The van der Waals surface area contributed by atoms with Crippen LogP contribution in [0.3, 0.4) is 0 Å². The lowest BCUT2D eigenvalue weighted by atomic mass is 10.2. The number of amides is 1. The maximum absolute atomic E-state index is 12.7. The zero-order chi connectivity index (χ0) is 17.0. The molecule has 8 heteroatoms. The Morgan fingerprint density at radius 1 is 1.00 bits per heavy atom. The molecule has 0 aliphatic rings. The molecule has 2 aromatic carbocycles. The van der Waals surface area contributed by atoms with Crippen LogP contribution in [0.5, 0.6) is 5.75 Å². The van der Waals surface area contributed by atoms with Crippen molar-refractivity contribution in [2.24, 2.45) is 5.14 Å². The van der Waals surface area contributed by atoms with Gasteiger partial charge in [-0.25, -0.2) is 10.0 Å². The Hall–Kier alpha value is -2.42. The van der Waals surface area contributed by atoms with Gasteiger partial charge in [0.05, 0.1) is 5.69 Å². The second kappa shape index (κ2) is 6.78. The van der Waals surface area contributed by atoms with Gasteiger partial charge in [0.15, 0.2) is 0 Å². The number of para-hydroxylation sites is 1. The summed E-state index contributed by atoms with van der Waals surface area (Å²) in [5.74, 6) is -0.219. The largest absolute Gasteiger partial charge is 0.380 e. The molecule has 0 unspecified atom stereocenters. The van der Waals surface area contributed by atoms with Crippen LogP contribution in [0.1, 0.15) is 10.4 Å². The molecule has 0 spiro atoms. The van der Waals surface area contributed by atoms with Crippen LogP contribution in [0.2, 0.25) is 0 Å². The number of nitrogens with zero attached hydrogens (tertiary/aromatic N) is 2. The number of hydrogen-bond acceptors (Lipinski definition) is 5. The Morgan fingerprint density at radius 2 is 1.57 bits per heavy atom. The van der Waals surface area contributed by atoms with Crippen molar-refractivity contribution in [2.75, 3.05) is 19.1 Å². The van der Waals surface area contributed by atoms with Crippen LogP contribution in [0.25, 0.3) is 0 Å². The highest BCUT2D eigenvalue weighted by Crippen LogP contribution is 2.20. The fourth-order valence-corrected chi connectivity index (χ4v) is 2.39. The molecule has 0 heterocycles. The summed E-state index contributed by atoms with van der Waals surface area (Å²) in [5, 5.41) is 7.95. The second-order valence-electron chi connectivity index (χ2n) is 4.90. The highest BCUT2D eigenvalue weighted by molar-refractivity contribution is 7.84. The number of hydrazine groups is 1. The third-order valence-corrected chi connectivity index (χ3v) is 3.33. The van der Waals surface area contributed by atoms with Gasteiger partial charge >= 0.3 is 10.3 Å². The predicted molar refractivity (Wildman–Crippen MR) is 87.1 cm³/mol. The summed E-state index contributed by atoms with van der Waals surface area (Å²) in [6, 6.07) is 14.9. The topological polar surface area (TPSA) is 92.9 Å². The van der Waals surface area contributed by atoms with E-state index in [1.807, 2.05) is 30.3 Å². The molecule has 2 rings (SSSR count). The molecule has 0 saturated carbocycles. The second-order valence-corrected chi connectivity index (χ2v) is 6.05. The van der Waals surface area contributed by atoms with Gasteiger partial charge in [-0.15, -0.1) is 0 Å². The molecule has 2 N–H and O–H groups in total. The summed E-state index contributed by atoms with van der Waals surface area (Å²) in [6.07, 6.45) is 0. The SMILES string of the molecule is CN(C)N(C(=O)c1ccc(OS(N)(=O)=O)cc1)c1ccccc1. The zero-order valence-electron chi connectivity index (χ0n) is 12.7. The average Bonchev–Trinajstić information content (AvgIpc) is 2.47. The molecule has 23 heavy (non-hydrogen) atoms. The van der Waals surface area contributed by atoms with Crippen LogP contribution in [0.4, 0.5) is 5.69 Å². The third kappa shape index (κ3) is 4.52. The van der Waals surface area contributed by atoms with Crippen LogP contribution < -0.4 is 14.3 Å². The lowest BCUT2D eigenvalue weighted by Gasteiger charge is -2.29. The van der Waals surface area contributed by atoms with E-state index in [-0.39, 0.29) is 11.7 Å². The van der Waals surface area contributed by atoms with Crippen LogP contribution >= 0.6 is 0 Å². The first-order valence-electron chi connectivity index (χ1n) is 6.67. The molecule has 0 fully saturated rings. The monoisotopic (exact) mass is 335 g/mol. The molecule has 0 saturated heterocycles. The van der Waals surface area contributed by atoms with Crippen molar-refractivity contribution in [3.05, 3.63) is 60.2 Å². The summed E-state index contributed by atoms with van der Waals surface area (Å²) < 4.78 is 26.3. The summed E-state index contributed by atoms with van der Waals surface area (Å²) in [4.78, 5) is 12.7. The maximum atomic E-state index is 12.7. The lowest BCUT2D eigenvalue weighted by molar-refractivity contribution is 0.0930. The lowest BCUT2D eigenvalue weighted by Crippen LogP contribution is -2.42. The minimum absolute atomic E-state index is 0.0418. The molecule has 7 nitrogen and oxygen atoms in total. The first-order valence-corrected chi connectivity index (χ1v) is 8.14. The quantitative estimate of drug-likeness (QED) is 0.834. The van der Waals surface area contributed by atoms with Gasteiger partial charge in [-0.2, -0.15) is 13.6 Å². The number of benzene rings is 2. The summed E-state index contributed by atoms with van der Waals surface area (Å²) in [7, 11) is -0.580. The molecule has 1 amide bonds. The van der Waals surface area contributed by atoms with Gasteiger partial charge in [0.2, 0.25) is 0 Å². The fourth-order valence-electron chi connectivity index (χ4n) is 2.01. The van der Waals surface area contributed by atoms with Gasteiger partial charge < -0.3 is 4.18 Å². The van der Waals surface area contributed by atoms with E-state index in [4.69, 9.17) is 5.14 Å². The number of anilines is 1. The summed E-state index contributed by atoms with van der Waals surface area (Å²) in [6.45, 7) is 0. The van der Waals surface area contributed by atoms with E-state index in [2.05, 4.69) is 4.18 Å². The normalized spacial score (nSPS) is 11.3. The molecule has 2 aromatic rings. The zero-order valence-corrected chi connectivity index (χ0v) is 13.5. The number of carbonyl (C=O) groups excluding carboxylic acids is 1. The molecule has 122 valence electrons. The molecule has 0 bridgehead atoms. The number of rotatable bonds is 5. The molecule has 0 atom stereocenters. The highest BCUT2D eigenvalue weighted by atomic mass is 32.2. The van der Waals surface area contributed by atoms with Crippen LogP contribution in [-0.2, 0) is 10.3 Å². The van der Waals surface area contributed by atoms with Crippen molar-refractivity contribution >= 4 is 21.9 Å². The van der Waals surface area contributed by atoms with Crippen molar-refractivity contribution < 1.29 is 17.4 Å². The van der Waals surface area contributed by atoms with E-state index in [1.54, 1.807) is 19.1 Å². The Morgan fingerprint density at radius 3 is 2.04 bits per heavy atom. The van der Waals surface area contributed by atoms with Gasteiger partial charge in [0.1, 0.15) is 5.75 Å². The van der Waals surface area contributed by atoms with Gasteiger partial charge in [-0.1, -0.05) is 18.2 Å². The first-order chi connectivity index (χ1) is 10.8. The van der Waals surface area contributed by atoms with E-state index in [1.165, 1.54) is 29.3 Å². The molecule has 0 radical (unpaired) electrons. The van der Waals surface area contributed by atoms with Crippen molar-refractivity contribution in [1.29, 1.82) is 0 Å². The smallest absolute Gasteiger partial charge is 0.371 e. The van der Waals surface area contributed by atoms with Crippen molar-refractivity contribution in [1.82, 2.24) is 5.01 Å². The van der Waals surface area contributed by atoms with Crippen molar-refractivity contribution in [3.8, 4) is 5.75 Å². The maximum Gasteiger partial charge on any atom is 0.380 e. The van der Waals surface area contributed by atoms with Gasteiger partial charge in [0, 0.05) is 19.7 Å². The number of carbonyl (C=O) groups is 1. The van der Waals surface area contributed by atoms with Gasteiger partial charge in [-0.05, 0) is 36.4 Å². The number of nitrogens with two attached hydrogens (primary N) is 1. The van der Waals surface area contributed by atoms with Gasteiger partial charge in [-0.3, -0.25) is 4.79 Å². The molecular weight excluding hydrogens is 318 g/mol. The Kier molecular flexibility index (Phi) is 4.99. The molecule has 0 aromatic heterocycles. The standard InChI is InChI=1S/C15H17N3O4S/c1-17(2)18(13-6-4-3-5-7-13)15(19)12-8-10-14(11-9-12)22-23(16,20)21/h3-11H,1-2H3,(H2,16,20,21).